The second kappa shape index (κ2) is 6.79. The van der Waals surface area contributed by atoms with Gasteiger partial charge in [-0.25, -0.2) is 8.78 Å². The molecule has 0 aliphatic carbocycles. The summed E-state index contributed by atoms with van der Waals surface area (Å²) in [5, 5.41) is 5.50. The second-order valence-corrected chi connectivity index (χ2v) is 6.34. The van der Waals surface area contributed by atoms with Gasteiger partial charge in [0.05, 0.1) is 15.9 Å². The fourth-order valence-corrected chi connectivity index (χ4v) is 2.85. The number of alkyl halides is 3. The first-order chi connectivity index (χ1) is 11.0. The summed E-state index contributed by atoms with van der Waals surface area (Å²) in [7, 11) is 0. The smallest absolute Gasteiger partial charge is 0.321 e. The number of hydrogen-bond donors (Lipinski definition) is 1. The molecule has 1 N–H and O–H groups in total. The second-order valence-electron chi connectivity index (χ2n) is 4.70. The summed E-state index contributed by atoms with van der Waals surface area (Å²) < 4.78 is 65.5. The van der Waals surface area contributed by atoms with Gasteiger partial charge in [0.25, 0.3) is 0 Å². The zero-order chi connectivity index (χ0) is 18.2. The molecule has 130 valence electrons. The Labute approximate surface area is 149 Å². The lowest BCUT2D eigenvalue weighted by Crippen LogP contribution is -2.21. The van der Waals surface area contributed by atoms with Gasteiger partial charge in [-0.05, 0) is 44.8 Å². The van der Waals surface area contributed by atoms with E-state index in [1.807, 2.05) is 0 Å². The predicted octanol–water partition coefficient (Wildman–Crippen LogP) is 4.65. The van der Waals surface area contributed by atoms with Gasteiger partial charge >= 0.3 is 6.18 Å². The standard InChI is InChI=1S/C13H8Br2F5N3O/c1-5-10(15)12(13(18,19)20)22-23(5)4-9(24)21-11-7(14)2-6(16)3-8(11)17/h2-3H,4H2,1H3,(H,21,24). The molecule has 0 fully saturated rings. The minimum Gasteiger partial charge on any atom is -0.321 e. The summed E-state index contributed by atoms with van der Waals surface area (Å²) in [6.07, 6.45) is -4.68. The monoisotopic (exact) mass is 475 g/mol. The Kier molecular flexibility index (Phi) is 5.33. The highest BCUT2D eigenvalue weighted by molar-refractivity contribution is 9.11. The van der Waals surface area contributed by atoms with Gasteiger partial charge in [0.2, 0.25) is 5.91 Å². The van der Waals surface area contributed by atoms with Crippen LogP contribution in [0.25, 0.3) is 0 Å². The van der Waals surface area contributed by atoms with Crippen LogP contribution in [0.5, 0.6) is 0 Å². The Balaban J connectivity index is 2.23. The van der Waals surface area contributed by atoms with Crippen molar-refractivity contribution < 1.29 is 26.7 Å². The van der Waals surface area contributed by atoms with Crippen LogP contribution in [0.1, 0.15) is 11.4 Å². The molecule has 0 unspecified atom stereocenters. The van der Waals surface area contributed by atoms with E-state index in [9.17, 15) is 26.7 Å². The normalized spacial score (nSPS) is 11.7. The molecule has 4 nitrogen and oxygen atoms in total. The molecular formula is C13H8Br2F5N3O. The Morgan fingerprint density at radius 3 is 2.42 bits per heavy atom. The third-order valence-corrected chi connectivity index (χ3v) is 4.54. The van der Waals surface area contributed by atoms with Crippen molar-refractivity contribution in [1.29, 1.82) is 0 Å². The Morgan fingerprint density at radius 1 is 1.29 bits per heavy atom. The maximum atomic E-state index is 13.7. The van der Waals surface area contributed by atoms with Gasteiger partial charge < -0.3 is 5.32 Å². The average molecular weight is 477 g/mol. The number of anilines is 1. The topological polar surface area (TPSA) is 46.9 Å². The molecule has 0 saturated carbocycles. The van der Waals surface area contributed by atoms with Crippen molar-refractivity contribution in [1.82, 2.24) is 9.78 Å². The molecule has 0 aliphatic heterocycles. The molecular weight excluding hydrogens is 469 g/mol. The fraction of sp³-hybridized carbons (Fsp3) is 0.231. The van der Waals surface area contributed by atoms with Crippen LogP contribution in [0.15, 0.2) is 21.1 Å². The van der Waals surface area contributed by atoms with Gasteiger partial charge in [0, 0.05) is 10.5 Å². The largest absolute Gasteiger partial charge is 0.436 e. The van der Waals surface area contributed by atoms with Gasteiger partial charge in [-0.2, -0.15) is 18.3 Å². The highest BCUT2D eigenvalue weighted by Gasteiger charge is 2.38. The maximum absolute atomic E-state index is 13.7. The number of aromatic nitrogens is 2. The maximum Gasteiger partial charge on any atom is 0.436 e. The molecule has 0 spiro atoms. The number of amides is 1. The van der Waals surface area contributed by atoms with Gasteiger partial charge in [-0.15, -0.1) is 0 Å². The molecule has 2 aromatic rings. The number of carbonyl (C=O) groups is 1. The number of hydrogen-bond acceptors (Lipinski definition) is 2. The fourth-order valence-electron chi connectivity index (χ4n) is 1.84. The first-order valence-corrected chi connectivity index (χ1v) is 7.83. The first kappa shape index (κ1) is 18.8. The number of carbonyl (C=O) groups excluding carboxylic acids is 1. The molecule has 1 heterocycles. The molecule has 1 aromatic carbocycles. The molecule has 1 aromatic heterocycles. The summed E-state index contributed by atoms with van der Waals surface area (Å²) in [6.45, 7) is 0.762. The van der Waals surface area contributed by atoms with E-state index >= 15 is 0 Å². The zero-order valence-electron chi connectivity index (χ0n) is 11.8. The highest BCUT2D eigenvalue weighted by Crippen LogP contribution is 2.35. The van der Waals surface area contributed by atoms with Gasteiger partial charge in [-0.3, -0.25) is 9.48 Å². The molecule has 0 saturated heterocycles. The lowest BCUT2D eigenvalue weighted by Gasteiger charge is -2.10. The first-order valence-electron chi connectivity index (χ1n) is 6.25. The van der Waals surface area contributed by atoms with Crippen molar-refractivity contribution in [2.75, 3.05) is 5.32 Å². The minimum atomic E-state index is -4.68. The van der Waals surface area contributed by atoms with E-state index in [0.717, 1.165) is 10.7 Å². The SMILES string of the molecule is Cc1c(Br)c(C(F)(F)F)nn1CC(=O)Nc1c(F)cc(F)cc1Br. The van der Waals surface area contributed by atoms with Gasteiger partial charge in [0.15, 0.2) is 11.5 Å². The van der Waals surface area contributed by atoms with E-state index in [1.54, 1.807) is 0 Å². The third-order valence-electron chi connectivity index (χ3n) is 2.97. The van der Waals surface area contributed by atoms with Crippen molar-refractivity contribution in [2.45, 2.75) is 19.6 Å². The predicted molar refractivity (Wildman–Crippen MR) is 82.4 cm³/mol. The quantitative estimate of drug-likeness (QED) is 0.655. The Morgan fingerprint density at radius 2 is 1.92 bits per heavy atom. The molecule has 2 rings (SSSR count). The van der Waals surface area contributed by atoms with E-state index in [1.165, 1.54) is 6.92 Å². The molecule has 0 radical (unpaired) electrons. The summed E-state index contributed by atoms with van der Waals surface area (Å²) >= 11 is 5.68. The van der Waals surface area contributed by atoms with Crippen molar-refractivity contribution in [2.24, 2.45) is 0 Å². The van der Waals surface area contributed by atoms with E-state index in [4.69, 9.17) is 0 Å². The minimum absolute atomic E-state index is 0.0392. The molecule has 0 bridgehead atoms. The van der Waals surface area contributed by atoms with E-state index in [2.05, 4.69) is 42.3 Å². The van der Waals surface area contributed by atoms with E-state index < -0.39 is 36.0 Å². The van der Waals surface area contributed by atoms with Gasteiger partial charge in [-0.1, -0.05) is 0 Å². The van der Waals surface area contributed by atoms with E-state index in [0.29, 0.717) is 6.07 Å². The average Bonchev–Trinajstić information content (AvgIpc) is 2.71. The van der Waals surface area contributed by atoms with Crippen molar-refractivity contribution in [3.05, 3.63) is 44.1 Å². The van der Waals surface area contributed by atoms with Crippen molar-refractivity contribution >= 4 is 43.5 Å². The van der Waals surface area contributed by atoms with Crippen LogP contribution in [-0.2, 0) is 17.5 Å². The number of rotatable bonds is 3. The summed E-state index contributed by atoms with van der Waals surface area (Å²) in [5.74, 6) is -2.70. The summed E-state index contributed by atoms with van der Waals surface area (Å²) in [6, 6.07) is 1.51. The number of benzene rings is 1. The van der Waals surface area contributed by atoms with Crippen molar-refractivity contribution in [3.63, 3.8) is 0 Å². The van der Waals surface area contributed by atoms with Crippen LogP contribution in [0, 0.1) is 18.6 Å². The number of nitrogens with one attached hydrogen (secondary N) is 1. The number of halogens is 7. The number of nitrogens with zero attached hydrogens (tertiary/aromatic N) is 2. The lowest BCUT2D eigenvalue weighted by atomic mass is 10.3. The summed E-state index contributed by atoms with van der Waals surface area (Å²) in [4.78, 5) is 11.9. The van der Waals surface area contributed by atoms with E-state index in [-0.39, 0.29) is 20.3 Å². The molecule has 1 amide bonds. The van der Waals surface area contributed by atoms with Crippen LogP contribution in [0.2, 0.25) is 0 Å². The molecule has 0 aliphatic rings. The molecule has 11 heteroatoms. The van der Waals surface area contributed by atoms with Crippen LogP contribution in [0.4, 0.5) is 27.6 Å². The molecule has 24 heavy (non-hydrogen) atoms. The zero-order valence-corrected chi connectivity index (χ0v) is 15.0. The third kappa shape index (κ3) is 3.94. The van der Waals surface area contributed by atoms with Crippen LogP contribution in [-0.4, -0.2) is 15.7 Å². The van der Waals surface area contributed by atoms with Crippen LogP contribution in [0.3, 0.4) is 0 Å². The summed E-state index contributed by atoms with van der Waals surface area (Å²) in [5.41, 5.74) is -1.40. The Bertz CT molecular complexity index is 781. The van der Waals surface area contributed by atoms with Crippen LogP contribution >= 0.6 is 31.9 Å². The molecule has 0 atom stereocenters. The highest BCUT2D eigenvalue weighted by atomic mass is 79.9. The van der Waals surface area contributed by atoms with Gasteiger partial charge in [0.1, 0.15) is 12.4 Å². The van der Waals surface area contributed by atoms with Crippen molar-refractivity contribution in [3.8, 4) is 0 Å². The van der Waals surface area contributed by atoms with Crippen LogP contribution < -0.4 is 5.32 Å². The Hall–Kier alpha value is -1.49. The lowest BCUT2D eigenvalue weighted by molar-refractivity contribution is -0.142.